The molecule has 3 aliphatic heterocycles. The van der Waals surface area contributed by atoms with E-state index in [2.05, 4.69) is 84.7 Å². The van der Waals surface area contributed by atoms with E-state index in [0.717, 1.165) is 79.4 Å². The van der Waals surface area contributed by atoms with Crippen molar-refractivity contribution in [2.45, 2.75) is 56.3 Å². The van der Waals surface area contributed by atoms with E-state index in [4.69, 9.17) is 0 Å². The van der Waals surface area contributed by atoms with Gasteiger partial charge in [0.2, 0.25) is 11.8 Å². The molecule has 0 bridgehead atoms. The number of fused-ring (bicyclic) bond motifs is 2. The van der Waals surface area contributed by atoms with Crippen LogP contribution in [0.3, 0.4) is 0 Å². The van der Waals surface area contributed by atoms with E-state index in [1.165, 1.54) is 5.69 Å². The lowest BCUT2D eigenvalue weighted by atomic mass is 9.86. The van der Waals surface area contributed by atoms with Crippen LogP contribution in [0.25, 0.3) is 22.1 Å². The van der Waals surface area contributed by atoms with Gasteiger partial charge in [-0.15, -0.1) is 5.10 Å². The molecular weight excluding hydrogens is 751 g/mol. The lowest BCUT2D eigenvalue weighted by Gasteiger charge is -2.49. The van der Waals surface area contributed by atoms with E-state index in [1.54, 1.807) is 12.4 Å². The first kappa shape index (κ1) is 36.6. The Morgan fingerprint density at radius 1 is 0.831 bits per heavy atom. The van der Waals surface area contributed by atoms with Crippen LogP contribution in [0.2, 0.25) is 0 Å². The number of imidazole rings is 1. The van der Waals surface area contributed by atoms with Gasteiger partial charge in [0.05, 0.1) is 18.1 Å². The van der Waals surface area contributed by atoms with Gasteiger partial charge in [-0.3, -0.25) is 29.4 Å². The van der Waals surface area contributed by atoms with Crippen molar-refractivity contribution in [1.82, 2.24) is 50.0 Å². The van der Waals surface area contributed by atoms with Crippen LogP contribution in [-0.2, 0) is 20.8 Å². The van der Waals surface area contributed by atoms with Crippen molar-refractivity contribution in [3.63, 3.8) is 0 Å². The molecule has 0 spiro atoms. The maximum Gasteiger partial charge on any atom is 0.278 e. The highest BCUT2D eigenvalue weighted by molar-refractivity contribution is 5.99. The first-order valence-electron chi connectivity index (χ1n) is 20.2. The molecule has 3 amide bonds. The Kier molecular flexibility index (Phi) is 9.43. The Morgan fingerprint density at radius 3 is 2.39 bits per heavy atom. The maximum absolute atomic E-state index is 13.4. The van der Waals surface area contributed by atoms with E-state index in [0.29, 0.717) is 34.7 Å². The molecule has 0 unspecified atom stereocenters. The summed E-state index contributed by atoms with van der Waals surface area (Å²) >= 11 is 0. The van der Waals surface area contributed by atoms with Crippen molar-refractivity contribution < 1.29 is 14.4 Å². The molecule has 17 heteroatoms. The molecule has 0 radical (unpaired) electrons. The number of aromatic nitrogens is 7. The highest BCUT2D eigenvalue weighted by Gasteiger charge is 2.35. The third kappa shape index (κ3) is 7.22. The van der Waals surface area contributed by atoms with Gasteiger partial charge < -0.3 is 25.0 Å². The number of nitrogens with one attached hydrogen (secondary N) is 3. The Morgan fingerprint density at radius 2 is 1.61 bits per heavy atom. The molecule has 17 nitrogen and oxygen atoms in total. The molecule has 3 N–H and O–H groups in total. The number of piperazine rings is 1. The maximum atomic E-state index is 13.4. The van der Waals surface area contributed by atoms with E-state index in [-0.39, 0.29) is 42.3 Å². The summed E-state index contributed by atoms with van der Waals surface area (Å²) < 4.78 is 3.20. The van der Waals surface area contributed by atoms with Crippen molar-refractivity contribution in [1.29, 1.82) is 0 Å². The number of amides is 3. The summed E-state index contributed by atoms with van der Waals surface area (Å²) in [5.41, 5.74) is 5.59. The molecule has 300 valence electrons. The average molecular weight is 794 g/mol. The zero-order valence-electron chi connectivity index (χ0n) is 32.3. The van der Waals surface area contributed by atoms with Crippen LogP contribution in [0.5, 0.6) is 0 Å². The van der Waals surface area contributed by atoms with Crippen molar-refractivity contribution >= 4 is 62.7 Å². The van der Waals surface area contributed by atoms with E-state index in [1.807, 2.05) is 48.8 Å². The van der Waals surface area contributed by atoms with E-state index < -0.39 is 11.9 Å². The van der Waals surface area contributed by atoms with Crippen LogP contribution < -0.4 is 31.3 Å². The first-order valence-corrected chi connectivity index (χ1v) is 20.2. The smallest absolute Gasteiger partial charge is 0.278 e. The minimum Gasteiger partial charge on any atom is -0.369 e. The minimum absolute atomic E-state index is 0.0431. The third-order valence-corrected chi connectivity index (χ3v) is 12.2. The first-order chi connectivity index (χ1) is 28.8. The van der Waals surface area contributed by atoms with Crippen LogP contribution >= 0.6 is 0 Å². The normalized spacial score (nSPS) is 21.3. The van der Waals surface area contributed by atoms with Gasteiger partial charge in [-0.2, -0.15) is 4.68 Å². The predicted molar refractivity (Wildman–Crippen MR) is 220 cm³/mol. The van der Waals surface area contributed by atoms with Crippen LogP contribution in [0.1, 0.15) is 43.3 Å². The SMILES string of the molecule is O=C1CC[C@H](n2nnc3ccc(N4CCN(C5CN(c6ccc(Nc7ncnc8c7ncn8C7CC(NC(=O)Cc8ccccc8)C7)cc6)C5)CC4)cc3c2=O)C(=O)N1. The molecule has 4 aliphatic rings. The van der Waals surface area contributed by atoms with Gasteiger partial charge in [0, 0.05) is 80.9 Å². The minimum atomic E-state index is -0.852. The lowest BCUT2D eigenvalue weighted by Crippen LogP contribution is -2.63. The summed E-state index contributed by atoms with van der Waals surface area (Å²) in [4.78, 5) is 71.0. The van der Waals surface area contributed by atoms with Gasteiger partial charge in [0.15, 0.2) is 17.0 Å². The van der Waals surface area contributed by atoms with Crippen LogP contribution in [-0.4, -0.2) is 108 Å². The molecule has 3 aromatic heterocycles. The Labute approximate surface area is 338 Å². The predicted octanol–water partition coefficient (Wildman–Crippen LogP) is 2.73. The van der Waals surface area contributed by atoms with Crippen molar-refractivity contribution in [3.8, 4) is 0 Å². The second-order valence-corrected chi connectivity index (χ2v) is 15.9. The number of carbonyl (C=O) groups is 3. The number of imide groups is 1. The number of hydrogen-bond acceptors (Lipinski definition) is 13. The highest BCUT2D eigenvalue weighted by atomic mass is 16.2. The molecule has 6 heterocycles. The number of nitrogens with zero attached hydrogens (tertiary/aromatic N) is 10. The van der Waals surface area contributed by atoms with E-state index >= 15 is 0 Å². The quantitative estimate of drug-likeness (QED) is 0.172. The summed E-state index contributed by atoms with van der Waals surface area (Å²) in [6.07, 6.45) is 5.81. The molecule has 3 saturated heterocycles. The number of rotatable bonds is 10. The summed E-state index contributed by atoms with van der Waals surface area (Å²) in [5, 5.41) is 17.5. The number of carbonyl (C=O) groups excluding carboxylic acids is 3. The van der Waals surface area contributed by atoms with Crippen molar-refractivity contribution in [3.05, 3.63) is 101 Å². The summed E-state index contributed by atoms with van der Waals surface area (Å²) in [5.74, 6) is -0.178. The molecule has 6 aromatic rings. The van der Waals surface area contributed by atoms with Gasteiger partial charge in [-0.05, 0) is 67.3 Å². The number of hydrogen-bond donors (Lipinski definition) is 3. The Bertz CT molecular complexity index is 2610. The zero-order valence-corrected chi connectivity index (χ0v) is 32.3. The van der Waals surface area contributed by atoms with Gasteiger partial charge in [-0.25, -0.2) is 15.0 Å². The second kappa shape index (κ2) is 15.2. The van der Waals surface area contributed by atoms with Gasteiger partial charge in [-0.1, -0.05) is 35.5 Å². The molecule has 3 aromatic carbocycles. The molecule has 1 atom stereocenters. The number of anilines is 4. The lowest BCUT2D eigenvalue weighted by molar-refractivity contribution is -0.136. The molecular formula is C42H43N13O4. The standard InChI is InChI=1S/C42H43N13O4/c56-36-13-12-35(41(58)48-36)55-42(59)33-21-30(10-11-34(33)49-50-55)51-14-16-52(17-15-51)32-22-53(23-32)29-8-6-27(7-9-29)47-39-38-40(44-24-43-39)54(25-45-38)31-19-28(20-31)46-37(57)18-26-4-2-1-3-5-26/h1-11,21,24-25,28,31-32,35H,12-20,22-23H2,(H,46,57)(H,43,44,47)(H,48,56,58)/t28?,31?,35-/m0/s1. The highest BCUT2D eigenvalue weighted by Crippen LogP contribution is 2.36. The number of benzene rings is 3. The molecule has 59 heavy (non-hydrogen) atoms. The third-order valence-electron chi connectivity index (χ3n) is 12.2. The Hall–Kier alpha value is -6.75. The van der Waals surface area contributed by atoms with Gasteiger partial charge in [0.1, 0.15) is 17.9 Å². The topological polar surface area (TPSA) is 188 Å². The van der Waals surface area contributed by atoms with Crippen LogP contribution in [0.15, 0.2) is 90.2 Å². The monoisotopic (exact) mass is 793 g/mol. The fraction of sp³-hybridized carbons (Fsp3) is 0.357. The second-order valence-electron chi connectivity index (χ2n) is 15.9. The molecule has 1 saturated carbocycles. The average Bonchev–Trinajstić information content (AvgIpc) is 3.65. The summed E-state index contributed by atoms with van der Waals surface area (Å²) in [6.45, 7) is 5.36. The number of piperidine rings is 1. The molecule has 10 rings (SSSR count). The van der Waals surface area contributed by atoms with Crippen molar-refractivity contribution in [2.75, 3.05) is 54.4 Å². The molecule has 1 aliphatic carbocycles. The summed E-state index contributed by atoms with van der Waals surface area (Å²) in [6, 6.07) is 23.8. The van der Waals surface area contributed by atoms with Crippen LogP contribution in [0.4, 0.5) is 22.9 Å². The zero-order chi connectivity index (χ0) is 40.0. The fourth-order valence-electron chi connectivity index (χ4n) is 8.70. The van der Waals surface area contributed by atoms with E-state index in [9.17, 15) is 19.2 Å². The summed E-state index contributed by atoms with van der Waals surface area (Å²) in [7, 11) is 0. The van der Waals surface area contributed by atoms with Crippen molar-refractivity contribution in [2.24, 2.45) is 0 Å². The van der Waals surface area contributed by atoms with Gasteiger partial charge >= 0.3 is 0 Å². The van der Waals surface area contributed by atoms with Gasteiger partial charge in [0.25, 0.3) is 11.5 Å². The Balaban J connectivity index is 0.708. The molecule has 4 fully saturated rings. The fourth-order valence-corrected chi connectivity index (χ4v) is 8.70. The largest absolute Gasteiger partial charge is 0.369 e. The van der Waals surface area contributed by atoms with Crippen LogP contribution in [0, 0.1) is 0 Å².